The summed E-state index contributed by atoms with van der Waals surface area (Å²) in [6.07, 6.45) is 2.96. The third-order valence-electron chi connectivity index (χ3n) is 3.87. The van der Waals surface area contributed by atoms with Crippen LogP contribution in [0.4, 0.5) is 11.5 Å². The number of ether oxygens (including phenoxy) is 2. The minimum absolute atomic E-state index is 0.218. The minimum atomic E-state index is -0.353. The molecule has 0 aliphatic rings. The summed E-state index contributed by atoms with van der Waals surface area (Å²) in [4.78, 5) is 20.7. The molecule has 1 aromatic heterocycles. The molecule has 0 aliphatic heterocycles. The Labute approximate surface area is 157 Å². The van der Waals surface area contributed by atoms with Crippen molar-refractivity contribution in [3.8, 4) is 11.5 Å². The van der Waals surface area contributed by atoms with Gasteiger partial charge in [-0.3, -0.25) is 4.79 Å². The summed E-state index contributed by atoms with van der Waals surface area (Å²) in [5.41, 5.74) is 1.88. The standard InChI is InChI=1S/C20H20N4O3/c1-26-15-9-7-14(8-10-15)11-22-19-13-21-17(12-23-19)20(25)24-16-5-3-4-6-18(16)27-2/h3-10,12-13H,11H2,1-2H3,(H,22,23)(H,24,25). The Bertz CT molecular complexity index is 896. The average Bonchev–Trinajstić information content (AvgIpc) is 2.73. The molecule has 0 unspecified atom stereocenters. The lowest BCUT2D eigenvalue weighted by Crippen LogP contribution is -2.15. The first kappa shape index (κ1) is 18.2. The first-order chi connectivity index (χ1) is 13.2. The molecule has 1 heterocycles. The van der Waals surface area contributed by atoms with Crippen molar-refractivity contribution >= 4 is 17.4 Å². The first-order valence-corrected chi connectivity index (χ1v) is 8.33. The van der Waals surface area contributed by atoms with E-state index >= 15 is 0 Å². The van der Waals surface area contributed by atoms with Crippen LogP contribution >= 0.6 is 0 Å². The number of nitrogens with one attached hydrogen (secondary N) is 2. The van der Waals surface area contributed by atoms with Crippen molar-refractivity contribution in [3.05, 3.63) is 72.2 Å². The molecule has 2 N–H and O–H groups in total. The number of methoxy groups -OCH3 is 2. The Morgan fingerprint density at radius 3 is 2.41 bits per heavy atom. The van der Waals surface area contributed by atoms with Crippen molar-refractivity contribution in [1.29, 1.82) is 0 Å². The van der Waals surface area contributed by atoms with E-state index in [1.54, 1.807) is 26.4 Å². The van der Waals surface area contributed by atoms with E-state index < -0.39 is 0 Å². The quantitative estimate of drug-likeness (QED) is 0.669. The summed E-state index contributed by atoms with van der Waals surface area (Å²) < 4.78 is 10.4. The van der Waals surface area contributed by atoms with Gasteiger partial charge in [-0.1, -0.05) is 24.3 Å². The van der Waals surface area contributed by atoms with Gasteiger partial charge >= 0.3 is 0 Å². The van der Waals surface area contributed by atoms with E-state index in [9.17, 15) is 4.79 Å². The molecule has 27 heavy (non-hydrogen) atoms. The number of hydrogen-bond donors (Lipinski definition) is 2. The topological polar surface area (TPSA) is 85.4 Å². The number of amides is 1. The summed E-state index contributed by atoms with van der Waals surface area (Å²) in [5, 5.41) is 5.93. The van der Waals surface area contributed by atoms with Crippen LogP contribution in [-0.4, -0.2) is 30.1 Å². The minimum Gasteiger partial charge on any atom is -0.497 e. The van der Waals surface area contributed by atoms with Gasteiger partial charge in [-0.15, -0.1) is 0 Å². The number of aromatic nitrogens is 2. The molecule has 3 rings (SSSR count). The highest BCUT2D eigenvalue weighted by Gasteiger charge is 2.11. The van der Waals surface area contributed by atoms with Gasteiger partial charge in [0, 0.05) is 6.54 Å². The Morgan fingerprint density at radius 1 is 0.963 bits per heavy atom. The maximum atomic E-state index is 12.3. The molecule has 0 radical (unpaired) electrons. The molecule has 7 nitrogen and oxygen atoms in total. The lowest BCUT2D eigenvalue weighted by Gasteiger charge is -2.10. The monoisotopic (exact) mass is 364 g/mol. The van der Waals surface area contributed by atoms with E-state index in [0.29, 0.717) is 23.8 Å². The molecule has 0 saturated carbocycles. The molecular formula is C20H20N4O3. The Hall–Kier alpha value is -3.61. The summed E-state index contributed by atoms with van der Waals surface area (Å²) in [7, 11) is 3.18. The highest BCUT2D eigenvalue weighted by atomic mass is 16.5. The van der Waals surface area contributed by atoms with Crippen LogP contribution in [0.15, 0.2) is 60.9 Å². The second-order valence-electron chi connectivity index (χ2n) is 5.64. The van der Waals surface area contributed by atoms with Gasteiger partial charge in [0.2, 0.25) is 0 Å². The molecule has 0 fully saturated rings. The number of hydrogen-bond acceptors (Lipinski definition) is 6. The van der Waals surface area contributed by atoms with Crippen LogP contribution in [-0.2, 0) is 6.54 Å². The van der Waals surface area contributed by atoms with Crippen molar-refractivity contribution in [3.63, 3.8) is 0 Å². The third-order valence-corrected chi connectivity index (χ3v) is 3.87. The zero-order chi connectivity index (χ0) is 19.1. The molecule has 138 valence electrons. The van der Waals surface area contributed by atoms with Crippen molar-refractivity contribution in [2.75, 3.05) is 24.9 Å². The number of carbonyl (C=O) groups is 1. The molecule has 7 heteroatoms. The van der Waals surface area contributed by atoms with Gasteiger partial charge in [-0.2, -0.15) is 0 Å². The maximum Gasteiger partial charge on any atom is 0.275 e. The third kappa shape index (κ3) is 4.72. The normalized spacial score (nSPS) is 10.1. The highest BCUT2D eigenvalue weighted by Crippen LogP contribution is 2.23. The largest absolute Gasteiger partial charge is 0.497 e. The van der Waals surface area contributed by atoms with E-state index in [2.05, 4.69) is 20.6 Å². The second kappa shape index (κ2) is 8.66. The molecular weight excluding hydrogens is 344 g/mol. The van der Waals surface area contributed by atoms with E-state index in [-0.39, 0.29) is 11.6 Å². The van der Waals surface area contributed by atoms with Crippen molar-refractivity contribution in [1.82, 2.24) is 9.97 Å². The van der Waals surface area contributed by atoms with Crippen LogP contribution in [0.25, 0.3) is 0 Å². The van der Waals surface area contributed by atoms with Gasteiger partial charge in [0.15, 0.2) is 0 Å². The summed E-state index contributed by atoms with van der Waals surface area (Å²) in [6.45, 7) is 0.589. The van der Waals surface area contributed by atoms with Crippen molar-refractivity contribution < 1.29 is 14.3 Å². The molecule has 0 atom stereocenters. The number of carbonyl (C=O) groups excluding carboxylic acids is 1. The zero-order valence-electron chi connectivity index (χ0n) is 15.1. The molecule has 0 bridgehead atoms. The molecule has 0 aliphatic carbocycles. The fourth-order valence-electron chi connectivity index (χ4n) is 2.41. The van der Waals surface area contributed by atoms with Gasteiger partial charge in [0.05, 0.1) is 32.3 Å². The van der Waals surface area contributed by atoms with Gasteiger partial charge in [-0.25, -0.2) is 9.97 Å². The molecule has 3 aromatic rings. The van der Waals surface area contributed by atoms with E-state index in [1.807, 2.05) is 36.4 Å². The molecule has 0 spiro atoms. The summed E-state index contributed by atoms with van der Waals surface area (Å²) in [6, 6.07) is 14.9. The van der Waals surface area contributed by atoms with Crippen LogP contribution in [0.3, 0.4) is 0 Å². The number of rotatable bonds is 7. The number of anilines is 2. The summed E-state index contributed by atoms with van der Waals surface area (Å²) in [5.74, 6) is 1.62. The predicted octanol–water partition coefficient (Wildman–Crippen LogP) is 3.36. The van der Waals surface area contributed by atoms with E-state index in [0.717, 1.165) is 11.3 Å². The smallest absolute Gasteiger partial charge is 0.275 e. The molecule has 0 saturated heterocycles. The van der Waals surface area contributed by atoms with E-state index in [1.165, 1.54) is 12.4 Å². The van der Waals surface area contributed by atoms with Crippen LogP contribution in [0.1, 0.15) is 16.1 Å². The van der Waals surface area contributed by atoms with Crippen LogP contribution < -0.4 is 20.1 Å². The Morgan fingerprint density at radius 2 is 1.74 bits per heavy atom. The van der Waals surface area contributed by atoms with Crippen LogP contribution in [0.2, 0.25) is 0 Å². The lowest BCUT2D eigenvalue weighted by molar-refractivity contribution is 0.102. The molecule has 2 aromatic carbocycles. The first-order valence-electron chi connectivity index (χ1n) is 8.33. The fraction of sp³-hybridized carbons (Fsp3) is 0.150. The van der Waals surface area contributed by atoms with E-state index in [4.69, 9.17) is 9.47 Å². The highest BCUT2D eigenvalue weighted by molar-refractivity contribution is 6.03. The van der Waals surface area contributed by atoms with Crippen molar-refractivity contribution in [2.45, 2.75) is 6.54 Å². The van der Waals surface area contributed by atoms with Crippen LogP contribution in [0.5, 0.6) is 11.5 Å². The molecule has 1 amide bonds. The van der Waals surface area contributed by atoms with Gasteiger partial charge in [0.25, 0.3) is 5.91 Å². The Balaban J connectivity index is 1.59. The van der Waals surface area contributed by atoms with Gasteiger partial charge < -0.3 is 20.1 Å². The van der Waals surface area contributed by atoms with Crippen molar-refractivity contribution in [2.24, 2.45) is 0 Å². The summed E-state index contributed by atoms with van der Waals surface area (Å²) >= 11 is 0. The lowest BCUT2D eigenvalue weighted by atomic mass is 10.2. The zero-order valence-corrected chi connectivity index (χ0v) is 15.1. The second-order valence-corrected chi connectivity index (χ2v) is 5.64. The number of nitrogens with zero attached hydrogens (tertiary/aromatic N) is 2. The average molecular weight is 364 g/mol. The SMILES string of the molecule is COc1ccc(CNc2cnc(C(=O)Nc3ccccc3OC)cn2)cc1. The fourth-order valence-corrected chi connectivity index (χ4v) is 2.41. The predicted molar refractivity (Wildman–Crippen MR) is 103 cm³/mol. The Kier molecular flexibility index (Phi) is 5.84. The number of para-hydroxylation sites is 2. The van der Waals surface area contributed by atoms with Crippen LogP contribution in [0, 0.1) is 0 Å². The maximum absolute atomic E-state index is 12.3. The van der Waals surface area contributed by atoms with Gasteiger partial charge in [-0.05, 0) is 29.8 Å². The van der Waals surface area contributed by atoms with Gasteiger partial charge in [0.1, 0.15) is 23.0 Å². The number of benzene rings is 2.